The molecule has 9 heteroatoms. The Morgan fingerprint density at radius 3 is 2.47 bits per heavy atom. The third kappa shape index (κ3) is 6.60. The summed E-state index contributed by atoms with van der Waals surface area (Å²) in [5, 5.41) is 7.45. The molecule has 2 aromatic carbocycles. The Bertz CT molecular complexity index is 1750. The minimum Gasteiger partial charge on any atom is -0.494 e. The van der Waals surface area contributed by atoms with E-state index in [0.717, 1.165) is 67.8 Å². The Labute approximate surface area is 262 Å². The van der Waals surface area contributed by atoms with Gasteiger partial charge in [0.1, 0.15) is 10.8 Å². The summed E-state index contributed by atoms with van der Waals surface area (Å²) in [6, 6.07) is 16.1. The molecule has 0 fully saturated rings. The van der Waals surface area contributed by atoms with E-state index < -0.39 is 0 Å². The molecule has 3 aromatic heterocycles. The van der Waals surface area contributed by atoms with Crippen molar-refractivity contribution in [1.29, 1.82) is 0 Å². The van der Waals surface area contributed by atoms with Gasteiger partial charge < -0.3 is 9.30 Å². The van der Waals surface area contributed by atoms with Crippen molar-refractivity contribution in [2.45, 2.75) is 65.5 Å². The summed E-state index contributed by atoms with van der Waals surface area (Å²) in [5.74, 6) is 0.810. The molecule has 3 heterocycles. The van der Waals surface area contributed by atoms with E-state index in [-0.39, 0.29) is 5.91 Å². The molecule has 1 amide bonds. The van der Waals surface area contributed by atoms with E-state index in [1.807, 2.05) is 55.9 Å². The number of hydrogen-bond acceptors (Lipinski definition) is 5. The number of fused-ring (bicyclic) bond motifs is 1. The SMILES string of the molecule is Cc1cc(OCCCc2c(C)n(CCC(=O)NSc3ccccn3)c3c(-c4c(C)nn(C)c4C)cccc23)cc(C)c1Cl. The second-order valence-electron chi connectivity index (χ2n) is 11.0. The molecule has 224 valence electrons. The summed E-state index contributed by atoms with van der Waals surface area (Å²) in [7, 11) is 1.98. The molecule has 5 rings (SSSR count). The molecule has 0 aliphatic rings. The molecule has 0 saturated carbocycles. The summed E-state index contributed by atoms with van der Waals surface area (Å²) in [6.45, 7) is 11.5. The first-order chi connectivity index (χ1) is 20.7. The maximum atomic E-state index is 12.9. The number of nitrogens with one attached hydrogen (secondary N) is 1. The fourth-order valence-corrected chi connectivity index (χ4v) is 6.46. The van der Waals surface area contributed by atoms with Crippen LogP contribution in [0.25, 0.3) is 22.0 Å². The number of halogens is 1. The fourth-order valence-electron chi connectivity index (χ4n) is 5.77. The highest BCUT2D eigenvalue weighted by Crippen LogP contribution is 2.37. The molecule has 0 bridgehead atoms. The van der Waals surface area contributed by atoms with Crippen LogP contribution >= 0.6 is 23.5 Å². The fraction of sp³-hybridized carbons (Fsp3) is 0.324. The Morgan fingerprint density at radius 1 is 1.02 bits per heavy atom. The largest absolute Gasteiger partial charge is 0.494 e. The quantitative estimate of drug-likeness (QED) is 0.121. The first-order valence-electron chi connectivity index (χ1n) is 14.5. The van der Waals surface area contributed by atoms with Crippen LogP contribution in [0, 0.1) is 34.6 Å². The van der Waals surface area contributed by atoms with Gasteiger partial charge in [-0.05, 0) is 88.4 Å². The standard InChI is InChI=1S/C34H38ClN5O2S/c1-21-19-26(20-22(2)33(21)35)42-18-10-13-27-24(4)40(17-15-30(41)38-43-31-14-7-8-16-36-31)34-28(27)11-9-12-29(34)32-23(3)37-39(6)25(32)5/h7-9,11-12,14,16,19-20H,10,13,15,17-18H2,1-6H3,(H,38,41). The Morgan fingerprint density at radius 2 is 1.79 bits per heavy atom. The smallest absolute Gasteiger partial charge is 0.231 e. The van der Waals surface area contributed by atoms with E-state index in [2.05, 4.69) is 53.2 Å². The van der Waals surface area contributed by atoms with Crippen LogP contribution in [0.1, 0.15) is 46.6 Å². The minimum atomic E-state index is -0.0355. The zero-order valence-corrected chi connectivity index (χ0v) is 27.2. The molecule has 0 saturated heterocycles. The third-order valence-electron chi connectivity index (χ3n) is 7.97. The van der Waals surface area contributed by atoms with Crippen LogP contribution in [0.15, 0.2) is 59.8 Å². The molecule has 5 aromatic rings. The Kier molecular flexibility index (Phi) is 9.47. The number of rotatable bonds is 11. The van der Waals surface area contributed by atoms with Gasteiger partial charge in [0.2, 0.25) is 5.91 Å². The highest BCUT2D eigenvalue weighted by Gasteiger charge is 2.21. The van der Waals surface area contributed by atoms with Gasteiger partial charge in [-0.3, -0.25) is 14.2 Å². The maximum Gasteiger partial charge on any atom is 0.231 e. The van der Waals surface area contributed by atoms with Crippen LogP contribution in [0.2, 0.25) is 5.02 Å². The lowest BCUT2D eigenvalue weighted by Crippen LogP contribution is -2.18. The molecular formula is C34H38ClN5O2S. The van der Waals surface area contributed by atoms with Crippen molar-refractivity contribution in [2.24, 2.45) is 7.05 Å². The summed E-state index contributed by atoms with van der Waals surface area (Å²) in [6.07, 6.45) is 3.79. The van der Waals surface area contributed by atoms with Crippen molar-refractivity contribution in [3.05, 3.63) is 93.5 Å². The lowest BCUT2D eigenvalue weighted by atomic mass is 9.98. The zero-order valence-electron chi connectivity index (χ0n) is 25.6. The van der Waals surface area contributed by atoms with E-state index in [0.29, 0.717) is 19.6 Å². The normalized spacial score (nSPS) is 11.3. The number of carbonyl (C=O) groups is 1. The predicted molar refractivity (Wildman–Crippen MR) is 176 cm³/mol. The first kappa shape index (κ1) is 30.7. The minimum absolute atomic E-state index is 0.0355. The second kappa shape index (κ2) is 13.3. The van der Waals surface area contributed by atoms with Crippen LogP contribution < -0.4 is 9.46 Å². The van der Waals surface area contributed by atoms with Crippen molar-refractivity contribution in [1.82, 2.24) is 24.1 Å². The molecule has 0 unspecified atom stereocenters. The van der Waals surface area contributed by atoms with E-state index >= 15 is 0 Å². The van der Waals surface area contributed by atoms with Gasteiger partial charge in [0, 0.05) is 71.1 Å². The van der Waals surface area contributed by atoms with Crippen LogP contribution in [-0.4, -0.2) is 31.8 Å². The predicted octanol–water partition coefficient (Wildman–Crippen LogP) is 7.86. The van der Waals surface area contributed by atoms with Crippen molar-refractivity contribution in [3.8, 4) is 16.9 Å². The number of aryl methyl sites for hydroxylation is 6. The van der Waals surface area contributed by atoms with Gasteiger partial charge in [-0.2, -0.15) is 5.10 Å². The molecular weight excluding hydrogens is 578 g/mol. The molecule has 7 nitrogen and oxygen atoms in total. The number of amides is 1. The summed E-state index contributed by atoms with van der Waals surface area (Å²) in [4.78, 5) is 17.2. The zero-order chi connectivity index (χ0) is 30.7. The van der Waals surface area contributed by atoms with Gasteiger partial charge in [-0.15, -0.1) is 0 Å². The van der Waals surface area contributed by atoms with E-state index in [1.165, 1.54) is 28.6 Å². The number of para-hydroxylation sites is 1. The molecule has 0 aliphatic heterocycles. The monoisotopic (exact) mass is 615 g/mol. The number of carbonyl (C=O) groups excluding carboxylic acids is 1. The van der Waals surface area contributed by atoms with Gasteiger partial charge >= 0.3 is 0 Å². The molecule has 43 heavy (non-hydrogen) atoms. The number of aromatic nitrogens is 4. The number of benzene rings is 2. The van der Waals surface area contributed by atoms with Crippen LogP contribution in [0.3, 0.4) is 0 Å². The van der Waals surface area contributed by atoms with Gasteiger partial charge in [0.05, 0.1) is 17.8 Å². The number of nitrogens with zero attached hydrogens (tertiary/aromatic N) is 4. The molecule has 0 aliphatic carbocycles. The summed E-state index contributed by atoms with van der Waals surface area (Å²) in [5.41, 5.74) is 10.0. The third-order valence-corrected chi connectivity index (χ3v) is 9.35. The van der Waals surface area contributed by atoms with Gasteiger partial charge in [0.15, 0.2) is 0 Å². The van der Waals surface area contributed by atoms with Gasteiger partial charge in [-0.25, -0.2) is 4.98 Å². The molecule has 1 N–H and O–H groups in total. The van der Waals surface area contributed by atoms with Crippen LogP contribution in [-0.2, 0) is 24.8 Å². The lowest BCUT2D eigenvalue weighted by molar-refractivity contribution is -0.119. The second-order valence-corrected chi connectivity index (χ2v) is 12.2. The van der Waals surface area contributed by atoms with Crippen LogP contribution in [0.5, 0.6) is 5.75 Å². The van der Waals surface area contributed by atoms with Crippen molar-refractivity contribution < 1.29 is 9.53 Å². The summed E-state index contributed by atoms with van der Waals surface area (Å²) < 4.78 is 13.3. The average Bonchev–Trinajstić information content (AvgIpc) is 3.41. The maximum absolute atomic E-state index is 12.9. The molecule has 0 spiro atoms. The van der Waals surface area contributed by atoms with E-state index in [9.17, 15) is 4.79 Å². The van der Waals surface area contributed by atoms with E-state index in [4.69, 9.17) is 21.4 Å². The van der Waals surface area contributed by atoms with Crippen LogP contribution in [0.4, 0.5) is 0 Å². The highest BCUT2D eigenvalue weighted by atomic mass is 35.5. The Balaban J connectivity index is 1.41. The highest BCUT2D eigenvalue weighted by molar-refractivity contribution is 7.97. The topological polar surface area (TPSA) is 74.0 Å². The van der Waals surface area contributed by atoms with Gasteiger partial charge in [0.25, 0.3) is 0 Å². The van der Waals surface area contributed by atoms with E-state index in [1.54, 1.807) is 6.20 Å². The van der Waals surface area contributed by atoms with Crippen molar-refractivity contribution in [3.63, 3.8) is 0 Å². The number of pyridine rings is 1. The first-order valence-corrected chi connectivity index (χ1v) is 15.7. The van der Waals surface area contributed by atoms with Gasteiger partial charge in [-0.1, -0.05) is 35.9 Å². The lowest BCUT2D eigenvalue weighted by Gasteiger charge is -2.13. The number of ether oxygens (including phenoxy) is 1. The number of hydrogen-bond donors (Lipinski definition) is 1. The Hall–Kier alpha value is -3.75. The summed E-state index contributed by atoms with van der Waals surface area (Å²) >= 11 is 7.59. The molecule has 0 atom stereocenters. The van der Waals surface area contributed by atoms with Crippen molar-refractivity contribution in [2.75, 3.05) is 6.61 Å². The molecule has 0 radical (unpaired) electrons. The average molecular weight is 616 g/mol. The van der Waals surface area contributed by atoms with Crippen molar-refractivity contribution >= 4 is 40.4 Å².